The molecule has 3 N–H and O–H groups in total. The fourth-order valence-electron chi connectivity index (χ4n) is 2.82. The average Bonchev–Trinajstić information content (AvgIpc) is 3.26. The summed E-state index contributed by atoms with van der Waals surface area (Å²) < 4.78 is 7.81. The molecule has 0 aromatic carbocycles. The highest BCUT2D eigenvalue weighted by Crippen LogP contribution is 2.11. The fraction of sp³-hybridized carbons (Fsp3) is 0.471. The molecule has 0 aliphatic rings. The van der Waals surface area contributed by atoms with Gasteiger partial charge in [0.2, 0.25) is 5.95 Å². The van der Waals surface area contributed by atoms with Gasteiger partial charge in [-0.25, -0.2) is 4.79 Å². The number of aliphatic hydroxyl groups is 1. The molecule has 26 heavy (non-hydrogen) atoms. The topological polar surface area (TPSA) is 118 Å². The van der Waals surface area contributed by atoms with Gasteiger partial charge in [0.25, 0.3) is 5.56 Å². The van der Waals surface area contributed by atoms with Crippen LogP contribution in [0.15, 0.2) is 32.4 Å². The van der Waals surface area contributed by atoms with Gasteiger partial charge in [-0.05, 0) is 38.3 Å². The summed E-state index contributed by atoms with van der Waals surface area (Å²) in [4.78, 5) is 32.4. The van der Waals surface area contributed by atoms with Crippen LogP contribution in [0.4, 0.5) is 5.95 Å². The molecule has 3 aromatic heterocycles. The zero-order valence-corrected chi connectivity index (χ0v) is 14.9. The van der Waals surface area contributed by atoms with Crippen molar-refractivity contribution in [1.82, 2.24) is 19.1 Å². The normalized spacial score (nSPS) is 12.6. The van der Waals surface area contributed by atoms with Gasteiger partial charge in [-0.3, -0.25) is 13.9 Å². The summed E-state index contributed by atoms with van der Waals surface area (Å²) in [6.07, 6.45) is 3.22. The minimum Gasteiger partial charge on any atom is -0.467 e. The highest BCUT2D eigenvalue weighted by atomic mass is 16.3. The minimum atomic E-state index is -0.399. The van der Waals surface area contributed by atoms with Crippen molar-refractivity contribution in [2.24, 2.45) is 7.05 Å². The van der Waals surface area contributed by atoms with E-state index in [0.29, 0.717) is 37.5 Å². The van der Waals surface area contributed by atoms with Crippen LogP contribution in [0.2, 0.25) is 0 Å². The molecule has 3 rings (SSSR count). The van der Waals surface area contributed by atoms with E-state index in [0.717, 1.165) is 12.2 Å². The largest absolute Gasteiger partial charge is 0.467 e. The summed E-state index contributed by atoms with van der Waals surface area (Å²) in [6.45, 7) is 2.44. The Hall–Kier alpha value is -2.81. The van der Waals surface area contributed by atoms with Gasteiger partial charge in [-0.1, -0.05) is 0 Å². The van der Waals surface area contributed by atoms with E-state index in [4.69, 9.17) is 4.42 Å². The van der Waals surface area contributed by atoms with E-state index >= 15 is 0 Å². The Labute approximate surface area is 149 Å². The lowest BCUT2D eigenvalue weighted by atomic mass is 10.2. The van der Waals surface area contributed by atoms with Crippen LogP contribution in [0.5, 0.6) is 0 Å². The average molecular weight is 361 g/mol. The van der Waals surface area contributed by atoms with Gasteiger partial charge < -0.3 is 19.8 Å². The molecule has 9 nitrogen and oxygen atoms in total. The fourth-order valence-corrected chi connectivity index (χ4v) is 2.82. The molecule has 0 aliphatic carbocycles. The molecule has 140 valence electrons. The molecule has 0 aliphatic heterocycles. The van der Waals surface area contributed by atoms with Crippen LogP contribution in [0.25, 0.3) is 11.2 Å². The van der Waals surface area contributed by atoms with Gasteiger partial charge >= 0.3 is 5.69 Å². The first kappa shape index (κ1) is 18.0. The second kappa shape index (κ2) is 7.61. The molecule has 3 aromatic rings. The van der Waals surface area contributed by atoms with Crippen LogP contribution < -0.4 is 16.6 Å². The smallest absolute Gasteiger partial charge is 0.332 e. The third-order valence-corrected chi connectivity index (χ3v) is 4.24. The molecule has 1 atom stereocenters. The van der Waals surface area contributed by atoms with Crippen LogP contribution in [0.3, 0.4) is 0 Å². The van der Waals surface area contributed by atoms with Crippen molar-refractivity contribution >= 4 is 17.1 Å². The molecule has 1 unspecified atom stereocenters. The van der Waals surface area contributed by atoms with Gasteiger partial charge in [0.1, 0.15) is 5.76 Å². The summed E-state index contributed by atoms with van der Waals surface area (Å²) in [5, 5.41) is 12.3. The number of nitrogens with zero attached hydrogens (tertiary/aromatic N) is 3. The molecule has 9 heteroatoms. The number of aromatic nitrogens is 4. The third-order valence-electron chi connectivity index (χ3n) is 4.24. The van der Waals surface area contributed by atoms with E-state index in [2.05, 4.69) is 15.3 Å². The van der Waals surface area contributed by atoms with E-state index in [1.165, 1.54) is 9.13 Å². The number of hydrogen-bond acceptors (Lipinski definition) is 6. The van der Waals surface area contributed by atoms with Crippen molar-refractivity contribution in [3.8, 4) is 0 Å². The molecular formula is C17H23N5O4. The number of hydrogen-bond donors (Lipinski definition) is 3. The number of H-pyrrole nitrogens is 1. The van der Waals surface area contributed by atoms with Crippen LogP contribution >= 0.6 is 0 Å². The first-order chi connectivity index (χ1) is 12.5. The van der Waals surface area contributed by atoms with Crippen molar-refractivity contribution in [3.05, 3.63) is 45.0 Å². The van der Waals surface area contributed by atoms with Crippen molar-refractivity contribution in [2.45, 2.75) is 45.4 Å². The molecule has 0 saturated carbocycles. The van der Waals surface area contributed by atoms with Gasteiger partial charge in [0.15, 0.2) is 11.2 Å². The van der Waals surface area contributed by atoms with Gasteiger partial charge in [0.05, 0.1) is 18.9 Å². The monoisotopic (exact) mass is 361 g/mol. The quantitative estimate of drug-likeness (QED) is 0.519. The molecule has 0 bridgehead atoms. The van der Waals surface area contributed by atoms with Crippen molar-refractivity contribution in [3.63, 3.8) is 0 Å². The van der Waals surface area contributed by atoms with Crippen LogP contribution in [-0.2, 0) is 20.1 Å². The van der Waals surface area contributed by atoms with Gasteiger partial charge in [0, 0.05) is 13.6 Å². The standard InChI is InChI=1S/C17H23N5O4/c1-11(23)6-3-4-8-22-15(24)13-14(21(2)17(22)25)20-16(19-13)18-10-12-7-5-9-26-12/h5,7,9,11,23H,3-4,6,8,10H2,1-2H3,(H2,18,19,20). The number of rotatable bonds is 8. The Morgan fingerprint density at radius 1 is 1.38 bits per heavy atom. The molecule has 0 fully saturated rings. The number of aryl methyl sites for hydroxylation is 1. The number of furan rings is 1. The highest BCUT2D eigenvalue weighted by molar-refractivity contribution is 5.72. The molecule has 0 saturated heterocycles. The molecular weight excluding hydrogens is 338 g/mol. The zero-order chi connectivity index (χ0) is 18.7. The Morgan fingerprint density at radius 2 is 2.19 bits per heavy atom. The summed E-state index contributed by atoms with van der Waals surface area (Å²) in [5.74, 6) is 1.13. The second-order valence-corrected chi connectivity index (χ2v) is 6.36. The van der Waals surface area contributed by atoms with E-state index in [9.17, 15) is 14.7 Å². The zero-order valence-electron chi connectivity index (χ0n) is 14.9. The number of aromatic amines is 1. The van der Waals surface area contributed by atoms with Crippen molar-refractivity contribution in [2.75, 3.05) is 5.32 Å². The van der Waals surface area contributed by atoms with E-state index in [-0.39, 0.29) is 11.6 Å². The summed E-state index contributed by atoms with van der Waals surface area (Å²) in [6, 6.07) is 3.61. The van der Waals surface area contributed by atoms with Gasteiger partial charge in [-0.2, -0.15) is 4.98 Å². The van der Waals surface area contributed by atoms with Gasteiger partial charge in [-0.15, -0.1) is 0 Å². The summed E-state index contributed by atoms with van der Waals surface area (Å²) >= 11 is 0. The molecule has 0 spiro atoms. The summed E-state index contributed by atoms with van der Waals surface area (Å²) in [5.41, 5.74) is -0.200. The summed E-state index contributed by atoms with van der Waals surface area (Å²) in [7, 11) is 1.59. The maximum absolute atomic E-state index is 12.7. The maximum Gasteiger partial charge on any atom is 0.332 e. The number of fused-ring (bicyclic) bond motifs is 1. The van der Waals surface area contributed by atoms with Crippen LogP contribution in [0, 0.1) is 0 Å². The maximum atomic E-state index is 12.7. The lowest BCUT2D eigenvalue weighted by molar-refractivity contribution is 0.180. The minimum absolute atomic E-state index is 0.282. The lowest BCUT2D eigenvalue weighted by Gasteiger charge is -2.08. The van der Waals surface area contributed by atoms with E-state index in [1.54, 1.807) is 26.3 Å². The Balaban J connectivity index is 1.83. The van der Waals surface area contributed by atoms with Crippen LogP contribution in [-0.4, -0.2) is 30.3 Å². The highest BCUT2D eigenvalue weighted by Gasteiger charge is 2.15. The number of imidazole rings is 1. The SMILES string of the molecule is CC(O)CCCCn1c(=O)c2[nH]c(NCc3ccco3)nc2n(C)c1=O. The molecule has 0 radical (unpaired) electrons. The second-order valence-electron chi connectivity index (χ2n) is 6.36. The first-order valence-electron chi connectivity index (χ1n) is 8.61. The number of anilines is 1. The number of unbranched alkanes of at least 4 members (excludes halogenated alkanes) is 1. The van der Waals surface area contributed by atoms with Crippen molar-refractivity contribution in [1.29, 1.82) is 0 Å². The lowest BCUT2D eigenvalue weighted by Crippen LogP contribution is -2.39. The number of nitrogens with one attached hydrogen (secondary N) is 2. The third kappa shape index (κ3) is 3.72. The first-order valence-corrected chi connectivity index (χ1v) is 8.61. The predicted molar refractivity (Wildman–Crippen MR) is 97.2 cm³/mol. The Bertz CT molecular complexity index is 981. The van der Waals surface area contributed by atoms with Crippen LogP contribution in [0.1, 0.15) is 31.9 Å². The Morgan fingerprint density at radius 3 is 2.88 bits per heavy atom. The number of aliphatic hydroxyl groups excluding tert-OH is 1. The van der Waals surface area contributed by atoms with E-state index < -0.39 is 11.2 Å². The van der Waals surface area contributed by atoms with Crippen molar-refractivity contribution < 1.29 is 9.52 Å². The van der Waals surface area contributed by atoms with E-state index in [1.807, 2.05) is 6.07 Å². The Kier molecular flexibility index (Phi) is 5.27. The molecule has 3 heterocycles. The predicted octanol–water partition coefficient (Wildman–Crippen LogP) is 1.18. The molecule has 0 amide bonds.